The van der Waals surface area contributed by atoms with E-state index in [2.05, 4.69) is 12.1 Å². The number of nitrogens with zero attached hydrogens (tertiary/aromatic N) is 2. The van der Waals surface area contributed by atoms with Crippen LogP contribution in [0, 0.1) is 5.92 Å². The number of hydrogen-bond acceptors (Lipinski definition) is 6. The summed E-state index contributed by atoms with van der Waals surface area (Å²) in [7, 11) is 0. The molecule has 8 heteroatoms. The van der Waals surface area contributed by atoms with Crippen molar-refractivity contribution in [2.75, 3.05) is 33.1 Å². The third kappa shape index (κ3) is 6.37. The van der Waals surface area contributed by atoms with Crippen molar-refractivity contribution >= 4 is 11.8 Å². The van der Waals surface area contributed by atoms with Gasteiger partial charge in [-0.3, -0.25) is 9.59 Å². The molecular formula is C30H34N2O6. The molecule has 5 rings (SSSR count). The molecular weight excluding hydrogens is 484 g/mol. The summed E-state index contributed by atoms with van der Waals surface area (Å²) in [5.41, 5.74) is 2.09. The second-order valence-electron chi connectivity index (χ2n) is 9.69. The summed E-state index contributed by atoms with van der Waals surface area (Å²) in [5, 5.41) is 0. The fourth-order valence-corrected chi connectivity index (χ4v) is 4.89. The maximum absolute atomic E-state index is 13.7. The molecule has 8 nitrogen and oxygen atoms in total. The topological polar surface area (TPSA) is 81.5 Å². The first-order valence-corrected chi connectivity index (χ1v) is 13.2. The normalized spacial score (nSPS) is 17.3. The highest BCUT2D eigenvalue weighted by Gasteiger charge is 2.46. The van der Waals surface area contributed by atoms with Gasteiger partial charge in [0.2, 0.25) is 18.6 Å². The van der Waals surface area contributed by atoms with Gasteiger partial charge in [-0.05, 0) is 61.1 Å². The molecule has 1 aliphatic heterocycles. The molecule has 2 amide bonds. The Bertz CT molecular complexity index is 1210. The lowest BCUT2D eigenvalue weighted by Crippen LogP contribution is -2.43. The van der Waals surface area contributed by atoms with Gasteiger partial charge in [-0.2, -0.15) is 0 Å². The van der Waals surface area contributed by atoms with Crippen molar-refractivity contribution in [2.45, 2.75) is 38.8 Å². The number of hydrogen-bond donors (Lipinski definition) is 0. The summed E-state index contributed by atoms with van der Waals surface area (Å²) in [6.07, 6.45) is 3.08. The molecule has 2 aliphatic rings. The number of fused-ring (bicyclic) bond motifs is 1. The molecule has 1 aromatic heterocycles. The molecule has 0 spiro atoms. The van der Waals surface area contributed by atoms with Gasteiger partial charge in [0.25, 0.3) is 0 Å². The van der Waals surface area contributed by atoms with Crippen LogP contribution in [-0.4, -0.2) is 54.7 Å². The predicted molar refractivity (Wildman–Crippen MR) is 141 cm³/mol. The highest BCUT2D eigenvalue weighted by molar-refractivity contribution is 5.88. The third-order valence-electron chi connectivity index (χ3n) is 6.98. The molecule has 200 valence electrons. The van der Waals surface area contributed by atoms with Crippen LogP contribution in [0.1, 0.15) is 42.6 Å². The van der Waals surface area contributed by atoms with E-state index in [9.17, 15) is 9.59 Å². The number of carbonyl (C=O) groups is 2. The minimum absolute atomic E-state index is 0.00816. The van der Waals surface area contributed by atoms with Crippen molar-refractivity contribution in [1.29, 1.82) is 0 Å². The summed E-state index contributed by atoms with van der Waals surface area (Å²) in [6.45, 7) is 4.45. The lowest BCUT2D eigenvalue weighted by atomic mass is 10.1. The van der Waals surface area contributed by atoms with Crippen LogP contribution >= 0.6 is 0 Å². The number of benzene rings is 2. The molecule has 1 saturated carbocycles. The maximum Gasteiger partial charge on any atom is 0.242 e. The third-order valence-corrected chi connectivity index (χ3v) is 6.98. The van der Waals surface area contributed by atoms with Crippen molar-refractivity contribution < 1.29 is 28.2 Å². The average molecular weight is 519 g/mol. The van der Waals surface area contributed by atoms with Crippen LogP contribution in [0.15, 0.2) is 71.3 Å². The van der Waals surface area contributed by atoms with Gasteiger partial charge in [0.05, 0.1) is 19.4 Å². The zero-order valence-electron chi connectivity index (χ0n) is 21.7. The van der Waals surface area contributed by atoms with E-state index in [4.69, 9.17) is 18.6 Å². The Morgan fingerprint density at radius 2 is 1.82 bits per heavy atom. The smallest absolute Gasteiger partial charge is 0.242 e. The van der Waals surface area contributed by atoms with E-state index in [-0.39, 0.29) is 37.0 Å². The van der Waals surface area contributed by atoms with Gasteiger partial charge in [-0.25, -0.2) is 0 Å². The number of furan rings is 1. The average Bonchev–Trinajstić information content (AvgIpc) is 3.31. The standard InChI is InChI=1S/C30H34N2O6/c1-2-35-14-7-13-31(30(34)26-17-25(26)23-8-4-3-5-9-23)20-29(33)32(19-24-10-6-15-36-24)18-22-11-12-27-28(16-22)38-21-37-27/h3-6,8-12,15-16,25-26H,2,7,13-14,17-21H2,1H3/t25-,26?/m0/s1. The Balaban J connectivity index is 1.30. The molecule has 0 bridgehead atoms. The Labute approximate surface area is 223 Å². The first-order chi connectivity index (χ1) is 18.6. The Morgan fingerprint density at radius 1 is 0.974 bits per heavy atom. The fraction of sp³-hybridized carbons (Fsp3) is 0.400. The lowest BCUT2D eigenvalue weighted by Gasteiger charge is -2.28. The molecule has 1 unspecified atom stereocenters. The van der Waals surface area contributed by atoms with E-state index < -0.39 is 0 Å². The molecule has 2 aromatic carbocycles. The van der Waals surface area contributed by atoms with Crippen LogP contribution in [-0.2, 0) is 27.4 Å². The molecule has 3 aromatic rings. The first kappa shape index (κ1) is 25.9. The molecule has 0 N–H and O–H groups in total. The van der Waals surface area contributed by atoms with E-state index >= 15 is 0 Å². The quantitative estimate of drug-likeness (QED) is 0.308. The van der Waals surface area contributed by atoms with E-state index in [1.165, 1.54) is 5.56 Å². The summed E-state index contributed by atoms with van der Waals surface area (Å²) in [4.78, 5) is 30.7. The summed E-state index contributed by atoms with van der Waals surface area (Å²) in [5.74, 6) is 2.05. The Hall–Kier alpha value is -3.78. The van der Waals surface area contributed by atoms with E-state index in [0.29, 0.717) is 56.5 Å². The van der Waals surface area contributed by atoms with Gasteiger partial charge >= 0.3 is 0 Å². The Morgan fingerprint density at radius 3 is 2.61 bits per heavy atom. The molecule has 1 fully saturated rings. The fourth-order valence-electron chi connectivity index (χ4n) is 4.89. The zero-order chi connectivity index (χ0) is 26.3. The number of amides is 2. The summed E-state index contributed by atoms with van der Waals surface area (Å²) in [6, 6.07) is 19.4. The second-order valence-corrected chi connectivity index (χ2v) is 9.69. The van der Waals surface area contributed by atoms with Crippen molar-refractivity contribution in [3.8, 4) is 11.5 Å². The molecule has 0 saturated heterocycles. The monoisotopic (exact) mass is 518 g/mol. The van der Waals surface area contributed by atoms with Gasteiger partial charge < -0.3 is 28.4 Å². The molecule has 0 radical (unpaired) electrons. The minimum atomic E-state index is -0.138. The number of carbonyl (C=O) groups excluding carboxylic acids is 2. The van der Waals surface area contributed by atoms with E-state index in [1.54, 1.807) is 22.1 Å². The maximum atomic E-state index is 13.7. The van der Waals surface area contributed by atoms with E-state index in [0.717, 1.165) is 12.0 Å². The van der Waals surface area contributed by atoms with Gasteiger partial charge in [0.15, 0.2) is 11.5 Å². The Kier molecular flexibility index (Phi) is 8.28. The first-order valence-electron chi connectivity index (χ1n) is 13.2. The number of rotatable bonds is 13. The van der Waals surface area contributed by atoms with Crippen LogP contribution in [0.4, 0.5) is 0 Å². The van der Waals surface area contributed by atoms with Gasteiger partial charge in [0, 0.05) is 32.2 Å². The minimum Gasteiger partial charge on any atom is -0.467 e. The molecule has 2 heterocycles. The highest BCUT2D eigenvalue weighted by atomic mass is 16.7. The largest absolute Gasteiger partial charge is 0.467 e. The van der Waals surface area contributed by atoms with Gasteiger partial charge in [-0.15, -0.1) is 0 Å². The van der Waals surface area contributed by atoms with E-state index in [1.807, 2.05) is 49.4 Å². The van der Waals surface area contributed by atoms with Crippen molar-refractivity contribution in [3.05, 3.63) is 83.8 Å². The van der Waals surface area contributed by atoms with Crippen molar-refractivity contribution in [2.24, 2.45) is 5.92 Å². The van der Waals surface area contributed by atoms with Crippen LogP contribution in [0.2, 0.25) is 0 Å². The van der Waals surface area contributed by atoms with Crippen molar-refractivity contribution in [1.82, 2.24) is 9.80 Å². The molecule has 38 heavy (non-hydrogen) atoms. The second kappa shape index (κ2) is 12.2. The zero-order valence-corrected chi connectivity index (χ0v) is 21.7. The SMILES string of the molecule is CCOCCCN(CC(=O)N(Cc1ccc2c(c1)OCO2)Cc1ccco1)C(=O)C1C[C@H]1c1ccccc1. The lowest BCUT2D eigenvalue weighted by molar-refractivity contribution is -0.142. The summed E-state index contributed by atoms with van der Waals surface area (Å²) >= 11 is 0. The predicted octanol–water partition coefficient (Wildman–Crippen LogP) is 4.60. The van der Waals surface area contributed by atoms with Crippen molar-refractivity contribution in [3.63, 3.8) is 0 Å². The number of ether oxygens (including phenoxy) is 3. The molecule has 2 atom stereocenters. The molecule has 1 aliphatic carbocycles. The summed E-state index contributed by atoms with van der Waals surface area (Å²) < 4.78 is 22.0. The van der Waals surface area contributed by atoms with Crippen LogP contribution in [0.3, 0.4) is 0 Å². The van der Waals surface area contributed by atoms with Crippen LogP contribution in [0.5, 0.6) is 11.5 Å². The van der Waals surface area contributed by atoms with Gasteiger partial charge in [0.1, 0.15) is 5.76 Å². The van der Waals surface area contributed by atoms with Gasteiger partial charge in [-0.1, -0.05) is 36.4 Å². The van der Waals surface area contributed by atoms with Crippen LogP contribution < -0.4 is 9.47 Å². The highest BCUT2D eigenvalue weighted by Crippen LogP contribution is 2.48. The van der Waals surface area contributed by atoms with Crippen LogP contribution in [0.25, 0.3) is 0 Å².